The van der Waals surface area contributed by atoms with Gasteiger partial charge >= 0.3 is 0 Å². The van der Waals surface area contributed by atoms with Gasteiger partial charge in [0, 0.05) is 17.0 Å². The Kier molecular flexibility index (Phi) is 3.03. The highest BCUT2D eigenvalue weighted by atomic mass is 19.1. The predicted molar refractivity (Wildman–Crippen MR) is 73.3 cm³/mol. The highest BCUT2D eigenvalue weighted by molar-refractivity contribution is 5.78. The molecule has 0 aliphatic carbocycles. The average Bonchev–Trinajstić information content (AvgIpc) is 2.81. The van der Waals surface area contributed by atoms with E-state index >= 15 is 0 Å². The van der Waals surface area contributed by atoms with Crippen LogP contribution in [-0.4, -0.2) is 0 Å². The molecular formula is C16H13F2NO. The molecule has 0 fully saturated rings. The van der Waals surface area contributed by atoms with Crippen molar-refractivity contribution in [3.8, 4) is 0 Å². The zero-order valence-corrected chi connectivity index (χ0v) is 10.9. The Hall–Kier alpha value is -2.20. The lowest BCUT2D eigenvalue weighted by Crippen LogP contribution is -2.12. The van der Waals surface area contributed by atoms with Crippen LogP contribution in [0.1, 0.15) is 22.9 Å². The highest BCUT2D eigenvalue weighted by Crippen LogP contribution is 2.28. The molecule has 0 saturated heterocycles. The minimum Gasteiger partial charge on any atom is -0.459 e. The number of aryl methyl sites for hydroxylation is 1. The highest BCUT2D eigenvalue weighted by Gasteiger charge is 2.18. The third-order valence-corrected chi connectivity index (χ3v) is 3.29. The van der Waals surface area contributed by atoms with E-state index in [1.165, 1.54) is 12.1 Å². The van der Waals surface area contributed by atoms with Gasteiger partial charge in [0.1, 0.15) is 23.0 Å². The second-order valence-electron chi connectivity index (χ2n) is 4.83. The predicted octanol–water partition coefficient (Wildman–Crippen LogP) is 4.07. The molecule has 2 aromatic carbocycles. The summed E-state index contributed by atoms with van der Waals surface area (Å²) >= 11 is 0. The fourth-order valence-corrected chi connectivity index (χ4v) is 2.24. The van der Waals surface area contributed by atoms with E-state index in [9.17, 15) is 8.78 Å². The molecule has 102 valence electrons. The second kappa shape index (κ2) is 4.72. The van der Waals surface area contributed by atoms with Crippen LogP contribution in [0.3, 0.4) is 0 Å². The number of hydrogen-bond acceptors (Lipinski definition) is 2. The molecule has 0 aliphatic heterocycles. The van der Waals surface area contributed by atoms with Crippen LogP contribution in [0.4, 0.5) is 8.78 Å². The topological polar surface area (TPSA) is 39.2 Å². The van der Waals surface area contributed by atoms with Crippen LogP contribution < -0.4 is 5.73 Å². The van der Waals surface area contributed by atoms with Gasteiger partial charge in [-0.25, -0.2) is 8.78 Å². The van der Waals surface area contributed by atoms with Crippen LogP contribution >= 0.6 is 0 Å². The summed E-state index contributed by atoms with van der Waals surface area (Å²) in [6.45, 7) is 1.98. The summed E-state index contributed by atoms with van der Waals surface area (Å²) < 4.78 is 32.3. The van der Waals surface area contributed by atoms with Crippen molar-refractivity contribution in [2.24, 2.45) is 5.73 Å². The standard InChI is InChI=1S/C16H13F2NO/c1-9-2-5-14-10(6-9)7-15(20-14)16(19)12-4-3-11(17)8-13(12)18/h2-8,16H,19H2,1H3. The molecule has 0 bridgehead atoms. The van der Waals surface area contributed by atoms with Crippen LogP contribution in [0, 0.1) is 18.6 Å². The first kappa shape index (κ1) is 12.8. The quantitative estimate of drug-likeness (QED) is 0.764. The van der Waals surface area contributed by atoms with Crippen molar-refractivity contribution in [1.29, 1.82) is 0 Å². The first-order chi connectivity index (χ1) is 9.54. The number of furan rings is 1. The van der Waals surface area contributed by atoms with E-state index in [1.807, 2.05) is 25.1 Å². The third-order valence-electron chi connectivity index (χ3n) is 3.29. The van der Waals surface area contributed by atoms with Crippen molar-refractivity contribution in [3.63, 3.8) is 0 Å². The first-order valence-corrected chi connectivity index (χ1v) is 6.25. The maximum absolute atomic E-state index is 13.7. The number of fused-ring (bicyclic) bond motifs is 1. The normalized spacial score (nSPS) is 12.8. The van der Waals surface area contributed by atoms with Crippen molar-refractivity contribution < 1.29 is 13.2 Å². The third kappa shape index (κ3) is 2.18. The van der Waals surface area contributed by atoms with Crippen molar-refractivity contribution in [2.75, 3.05) is 0 Å². The molecule has 1 atom stereocenters. The Morgan fingerprint density at radius 3 is 2.60 bits per heavy atom. The van der Waals surface area contributed by atoms with Crippen LogP contribution in [0.2, 0.25) is 0 Å². The number of rotatable bonds is 2. The summed E-state index contributed by atoms with van der Waals surface area (Å²) in [5.41, 5.74) is 8.02. The number of nitrogens with two attached hydrogens (primary N) is 1. The molecule has 3 rings (SSSR count). The molecule has 1 heterocycles. The molecule has 20 heavy (non-hydrogen) atoms. The van der Waals surface area contributed by atoms with E-state index in [0.29, 0.717) is 11.3 Å². The smallest absolute Gasteiger partial charge is 0.134 e. The zero-order valence-electron chi connectivity index (χ0n) is 10.9. The average molecular weight is 273 g/mol. The summed E-state index contributed by atoms with van der Waals surface area (Å²) in [6.07, 6.45) is 0. The zero-order chi connectivity index (χ0) is 14.3. The number of hydrogen-bond donors (Lipinski definition) is 1. The molecule has 0 spiro atoms. The maximum atomic E-state index is 13.7. The Bertz CT molecular complexity index is 779. The fraction of sp³-hybridized carbons (Fsp3) is 0.125. The molecule has 4 heteroatoms. The maximum Gasteiger partial charge on any atom is 0.134 e. The van der Waals surface area contributed by atoms with Crippen molar-refractivity contribution >= 4 is 11.0 Å². The van der Waals surface area contributed by atoms with Crippen LogP contribution in [0.5, 0.6) is 0 Å². The van der Waals surface area contributed by atoms with Crippen molar-refractivity contribution in [1.82, 2.24) is 0 Å². The molecule has 0 saturated carbocycles. The van der Waals surface area contributed by atoms with Gasteiger partial charge in [0.15, 0.2) is 0 Å². The van der Waals surface area contributed by atoms with Gasteiger partial charge in [0.25, 0.3) is 0 Å². The van der Waals surface area contributed by atoms with Gasteiger partial charge in [0.05, 0.1) is 6.04 Å². The van der Waals surface area contributed by atoms with E-state index in [0.717, 1.165) is 17.0 Å². The summed E-state index contributed by atoms with van der Waals surface area (Å²) in [4.78, 5) is 0. The first-order valence-electron chi connectivity index (χ1n) is 6.25. The Labute approximate surface area is 114 Å². The Morgan fingerprint density at radius 1 is 1.05 bits per heavy atom. The minimum atomic E-state index is -0.761. The lowest BCUT2D eigenvalue weighted by Gasteiger charge is -2.10. The SMILES string of the molecule is Cc1ccc2oc(C(N)c3ccc(F)cc3F)cc2c1. The van der Waals surface area contributed by atoms with Gasteiger partial charge in [0.2, 0.25) is 0 Å². The molecule has 3 aromatic rings. The fourth-order valence-electron chi connectivity index (χ4n) is 2.24. The van der Waals surface area contributed by atoms with E-state index in [4.69, 9.17) is 10.2 Å². The van der Waals surface area contributed by atoms with E-state index in [-0.39, 0.29) is 5.56 Å². The summed E-state index contributed by atoms with van der Waals surface area (Å²) in [7, 11) is 0. The molecule has 0 aliphatic rings. The van der Waals surface area contributed by atoms with E-state index in [2.05, 4.69) is 0 Å². The summed E-state index contributed by atoms with van der Waals surface area (Å²) in [5, 5.41) is 0.915. The van der Waals surface area contributed by atoms with Gasteiger partial charge in [-0.05, 0) is 31.2 Å². The van der Waals surface area contributed by atoms with Crippen LogP contribution in [-0.2, 0) is 0 Å². The van der Waals surface area contributed by atoms with Gasteiger partial charge in [-0.15, -0.1) is 0 Å². The summed E-state index contributed by atoms with van der Waals surface area (Å²) in [5.74, 6) is -0.844. The number of halogens is 2. The van der Waals surface area contributed by atoms with E-state index < -0.39 is 17.7 Å². The molecular weight excluding hydrogens is 260 g/mol. The molecule has 1 aromatic heterocycles. The van der Waals surface area contributed by atoms with E-state index in [1.54, 1.807) is 6.07 Å². The molecule has 2 nitrogen and oxygen atoms in total. The van der Waals surface area contributed by atoms with Gasteiger partial charge in [-0.3, -0.25) is 0 Å². The van der Waals surface area contributed by atoms with Gasteiger partial charge in [-0.1, -0.05) is 17.7 Å². The lowest BCUT2D eigenvalue weighted by atomic mass is 10.0. The lowest BCUT2D eigenvalue weighted by molar-refractivity contribution is 0.506. The molecule has 0 radical (unpaired) electrons. The molecule has 2 N–H and O–H groups in total. The largest absolute Gasteiger partial charge is 0.459 e. The Morgan fingerprint density at radius 2 is 1.85 bits per heavy atom. The Balaban J connectivity index is 2.05. The summed E-state index contributed by atoms with van der Waals surface area (Å²) in [6, 6.07) is 10.1. The van der Waals surface area contributed by atoms with Gasteiger partial charge < -0.3 is 10.2 Å². The van der Waals surface area contributed by atoms with Crippen molar-refractivity contribution in [2.45, 2.75) is 13.0 Å². The van der Waals surface area contributed by atoms with Crippen molar-refractivity contribution in [3.05, 3.63) is 71.0 Å². The minimum absolute atomic E-state index is 0.210. The molecule has 0 amide bonds. The van der Waals surface area contributed by atoms with Crippen LogP contribution in [0.15, 0.2) is 46.9 Å². The monoisotopic (exact) mass is 273 g/mol. The molecule has 1 unspecified atom stereocenters. The second-order valence-corrected chi connectivity index (χ2v) is 4.83. The van der Waals surface area contributed by atoms with Crippen LogP contribution in [0.25, 0.3) is 11.0 Å². The van der Waals surface area contributed by atoms with Gasteiger partial charge in [-0.2, -0.15) is 0 Å². The number of benzene rings is 2.